The van der Waals surface area contributed by atoms with Crippen LogP contribution in [-0.2, 0) is 0 Å². The first-order valence-electron chi connectivity index (χ1n) is 6.75. The number of nitrogens with zero attached hydrogens (tertiary/aromatic N) is 2. The number of hydrogen-bond donors (Lipinski definition) is 0. The van der Waals surface area contributed by atoms with Gasteiger partial charge in [0.2, 0.25) is 0 Å². The molecule has 0 radical (unpaired) electrons. The Balaban J connectivity index is 1.95. The molecule has 1 aliphatic rings. The van der Waals surface area contributed by atoms with Gasteiger partial charge >= 0.3 is 0 Å². The minimum Gasteiger partial charge on any atom is -0.496 e. The Hall–Kier alpha value is -2.36. The summed E-state index contributed by atoms with van der Waals surface area (Å²) < 4.78 is 11.0. The Bertz CT molecular complexity index is 775. The molecule has 2 heterocycles. The summed E-state index contributed by atoms with van der Waals surface area (Å²) in [7, 11) is 1.66. The normalized spacial score (nSPS) is 14.7. The fraction of sp³-hybridized carbons (Fsp3) is 0.250. The van der Waals surface area contributed by atoms with Gasteiger partial charge in [-0.05, 0) is 25.0 Å². The van der Waals surface area contributed by atoms with Crippen molar-refractivity contribution in [1.29, 1.82) is 0 Å². The van der Waals surface area contributed by atoms with E-state index in [1.807, 2.05) is 18.2 Å². The lowest BCUT2D eigenvalue weighted by Gasteiger charge is -2.07. The highest BCUT2D eigenvalue weighted by atomic mass is 16.5. The number of rotatable bonds is 3. The van der Waals surface area contributed by atoms with Gasteiger partial charge in [0.05, 0.1) is 12.8 Å². The van der Waals surface area contributed by atoms with Crippen LogP contribution in [0.4, 0.5) is 0 Å². The quantitative estimate of drug-likeness (QED) is 0.724. The maximum atomic E-state index is 5.60. The van der Waals surface area contributed by atoms with Gasteiger partial charge in [-0.3, -0.25) is 4.98 Å². The molecule has 2 aromatic heterocycles. The number of hydrogen-bond acceptors (Lipinski definition) is 4. The van der Waals surface area contributed by atoms with Crippen molar-refractivity contribution in [1.82, 2.24) is 10.1 Å². The Kier molecular flexibility index (Phi) is 2.49. The van der Waals surface area contributed by atoms with E-state index in [9.17, 15) is 0 Å². The number of methoxy groups -OCH3 is 1. The monoisotopic (exact) mass is 266 g/mol. The molecule has 0 amide bonds. The van der Waals surface area contributed by atoms with Gasteiger partial charge in [0.15, 0.2) is 5.58 Å². The number of para-hydroxylation sites is 1. The van der Waals surface area contributed by atoms with E-state index in [1.54, 1.807) is 19.5 Å². The van der Waals surface area contributed by atoms with Gasteiger partial charge in [0, 0.05) is 34.8 Å². The average molecular weight is 266 g/mol. The van der Waals surface area contributed by atoms with Gasteiger partial charge in [-0.2, -0.15) is 0 Å². The Morgan fingerprint density at radius 2 is 2.10 bits per heavy atom. The minimum atomic E-state index is 0.572. The molecule has 0 N–H and O–H groups in total. The third-order valence-corrected chi connectivity index (χ3v) is 3.78. The van der Waals surface area contributed by atoms with Crippen LogP contribution in [0, 0.1) is 0 Å². The molecule has 0 spiro atoms. The number of ether oxygens (including phenoxy) is 1. The summed E-state index contributed by atoms with van der Waals surface area (Å²) in [6, 6.07) is 7.98. The molecule has 3 aromatic rings. The molecule has 4 heteroatoms. The zero-order chi connectivity index (χ0) is 13.5. The topological polar surface area (TPSA) is 48.2 Å². The van der Waals surface area contributed by atoms with E-state index in [1.165, 1.54) is 12.8 Å². The lowest BCUT2D eigenvalue weighted by Crippen LogP contribution is -1.89. The molecule has 4 nitrogen and oxygen atoms in total. The maximum absolute atomic E-state index is 5.60. The molecule has 4 rings (SSSR count). The van der Waals surface area contributed by atoms with E-state index in [0.717, 1.165) is 33.5 Å². The highest BCUT2D eigenvalue weighted by Crippen LogP contribution is 2.44. The number of fused-ring (bicyclic) bond motifs is 1. The molecule has 0 unspecified atom stereocenters. The number of benzene rings is 1. The van der Waals surface area contributed by atoms with Crippen molar-refractivity contribution in [3.05, 3.63) is 42.4 Å². The standard InChI is InChI=1S/C16H14N2O2/c1-19-14-7-8-17-9-13(14)11-3-2-4-12-15(10-5-6-10)18-20-16(11)12/h2-4,7-10H,5-6H2,1H3. The van der Waals surface area contributed by atoms with Crippen molar-refractivity contribution < 1.29 is 9.26 Å². The van der Waals surface area contributed by atoms with Crippen molar-refractivity contribution >= 4 is 11.0 Å². The van der Waals surface area contributed by atoms with E-state index in [4.69, 9.17) is 9.26 Å². The smallest absolute Gasteiger partial charge is 0.175 e. The second-order valence-electron chi connectivity index (χ2n) is 5.10. The largest absolute Gasteiger partial charge is 0.496 e. The van der Waals surface area contributed by atoms with Gasteiger partial charge < -0.3 is 9.26 Å². The van der Waals surface area contributed by atoms with E-state index < -0.39 is 0 Å². The van der Waals surface area contributed by atoms with Gasteiger partial charge in [0.25, 0.3) is 0 Å². The molecule has 1 aliphatic carbocycles. The van der Waals surface area contributed by atoms with Crippen LogP contribution in [0.15, 0.2) is 41.2 Å². The van der Waals surface area contributed by atoms with Crippen molar-refractivity contribution in [2.24, 2.45) is 0 Å². The zero-order valence-corrected chi connectivity index (χ0v) is 11.2. The van der Waals surface area contributed by atoms with E-state index in [-0.39, 0.29) is 0 Å². The molecule has 100 valence electrons. The second kappa shape index (κ2) is 4.34. The Labute approximate surface area is 116 Å². The van der Waals surface area contributed by atoms with Crippen LogP contribution in [0.5, 0.6) is 5.75 Å². The summed E-state index contributed by atoms with van der Waals surface area (Å²) in [6.45, 7) is 0. The molecule has 0 aliphatic heterocycles. The fourth-order valence-electron chi connectivity index (χ4n) is 2.61. The third kappa shape index (κ3) is 1.68. The Morgan fingerprint density at radius 1 is 1.20 bits per heavy atom. The van der Waals surface area contributed by atoms with E-state index >= 15 is 0 Å². The molecular weight excluding hydrogens is 252 g/mol. The van der Waals surface area contributed by atoms with Crippen LogP contribution in [0.25, 0.3) is 22.1 Å². The molecule has 0 saturated heterocycles. The molecule has 0 atom stereocenters. The predicted molar refractivity (Wildman–Crippen MR) is 75.8 cm³/mol. The van der Waals surface area contributed by atoms with Gasteiger partial charge in [0.1, 0.15) is 5.75 Å². The zero-order valence-electron chi connectivity index (χ0n) is 11.2. The van der Waals surface area contributed by atoms with Crippen LogP contribution in [-0.4, -0.2) is 17.3 Å². The van der Waals surface area contributed by atoms with Gasteiger partial charge in [-0.1, -0.05) is 17.3 Å². The van der Waals surface area contributed by atoms with Crippen molar-refractivity contribution in [3.63, 3.8) is 0 Å². The van der Waals surface area contributed by atoms with Crippen molar-refractivity contribution in [3.8, 4) is 16.9 Å². The molecule has 20 heavy (non-hydrogen) atoms. The van der Waals surface area contributed by atoms with Crippen LogP contribution in [0.1, 0.15) is 24.5 Å². The summed E-state index contributed by atoms with van der Waals surface area (Å²) in [5.74, 6) is 1.36. The molecule has 1 fully saturated rings. The first-order valence-corrected chi connectivity index (χ1v) is 6.75. The first kappa shape index (κ1) is 11.5. The molecule has 1 saturated carbocycles. The minimum absolute atomic E-state index is 0.572. The van der Waals surface area contributed by atoms with Gasteiger partial charge in [-0.15, -0.1) is 0 Å². The van der Waals surface area contributed by atoms with Crippen molar-refractivity contribution in [2.75, 3.05) is 7.11 Å². The SMILES string of the molecule is COc1ccncc1-c1cccc2c(C3CC3)noc12. The maximum Gasteiger partial charge on any atom is 0.175 e. The summed E-state index contributed by atoms with van der Waals surface area (Å²) in [5.41, 5.74) is 3.82. The summed E-state index contributed by atoms with van der Waals surface area (Å²) in [4.78, 5) is 4.19. The van der Waals surface area contributed by atoms with E-state index in [0.29, 0.717) is 5.92 Å². The Morgan fingerprint density at radius 3 is 2.90 bits per heavy atom. The second-order valence-corrected chi connectivity index (χ2v) is 5.10. The van der Waals surface area contributed by atoms with Gasteiger partial charge in [-0.25, -0.2) is 0 Å². The molecule has 0 bridgehead atoms. The number of aromatic nitrogens is 2. The fourth-order valence-corrected chi connectivity index (χ4v) is 2.61. The van der Waals surface area contributed by atoms with Crippen LogP contribution < -0.4 is 4.74 Å². The lowest BCUT2D eigenvalue weighted by molar-refractivity contribution is 0.415. The summed E-state index contributed by atoms with van der Waals surface area (Å²) in [6.07, 6.45) is 5.94. The van der Waals surface area contributed by atoms with E-state index in [2.05, 4.69) is 16.2 Å². The van der Waals surface area contributed by atoms with Crippen LogP contribution in [0.3, 0.4) is 0 Å². The first-order chi connectivity index (χ1) is 9.88. The van der Waals surface area contributed by atoms with Crippen LogP contribution in [0.2, 0.25) is 0 Å². The third-order valence-electron chi connectivity index (χ3n) is 3.78. The predicted octanol–water partition coefficient (Wildman–Crippen LogP) is 3.78. The summed E-state index contributed by atoms with van der Waals surface area (Å²) >= 11 is 0. The highest BCUT2D eigenvalue weighted by Gasteiger charge is 2.29. The summed E-state index contributed by atoms with van der Waals surface area (Å²) in [5, 5.41) is 5.37. The van der Waals surface area contributed by atoms with Crippen molar-refractivity contribution in [2.45, 2.75) is 18.8 Å². The highest BCUT2D eigenvalue weighted by molar-refractivity contribution is 5.95. The lowest BCUT2D eigenvalue weighted by atomic mass is 10.0. The molecular formula is C16H14N2O2. The average Bonchev–Trinajstić information content (AvgIpc) is 3.26. The molecule has 1 aromatic carbocycles. The number of pyridine rings is 1. The van der Waals surface area contributed by atoms with Crippen LogP contribution >= 0.6 is 0 Å².